The summed E-state index contributed by atoms with van der Waals surface area (Å²) in [6.45, 7) is 9.00. The summed E-state index contributed by atoms with van der Waals surface area (Å²) in [5.41, 5.74) is 8.91. The highest BCUT2D eigenvalue weighted by Crippen LogP contribution is 1.99. The largest absolute Gasteiger partial charge is 0.370 e. The predicted molar refractivity (Wildman–Crippen MR) is 72.0 cm³/mol. The van der Waals surface area contributed by atoms with Crippen molar-refractivity contribution in [3.05, 3.63) is 41.7 Å². The maximum atomic E-state index is 5.69. The van der Waals surface area contributed by atoms with E-state index in [1.807, 2.05) is 26.1 Å². The molecule has 0 aliphatic rings. The highest BCUT2D eigenvalue weighted by atomic mass is 15.1. The first-order valence-corrected chi connectivity index (χ1v) is 5.67. The fourth-order valence-electron chi connectivity index (χ4n) is 1.26. The fraction of sp³-hybridized carbons (Fsp3) is 0.385. The molecule has 0 saturated heterocycles. The van der Waals surface area contributed by atoms with Crippen LogP contribution in [0, 0.1) is 6.92 Å². The number of aryl methyl sites for hydroxylation is 1. The molecule has 0 radical (unpaired) electrons. The smallest absolute Gasteiger partial charge is 0.188 e. The zero-order chi connectivity index (χ0) is 12.7. The normalized spacial score (nSPS) is 11.3. The van der Waals surface area contributed by atoms with Gasteiger partial charge in [0.2, 0.25) is 0 Å². The standard InChI is InChI=1S/C13H20N4/c1-10(2)8-17-13(14)15-7-6-12-5-4-11(3)16-9-12/h4-5,9H,1,6-8H2,2-3H3,(H3,14,15,17). The Morgan fingerprint density at radius 1 is 1.53 bits per heavy atom. The number of nitrogens with zero attached hydrogens (tertiary/aromatic N) is 2. The minimum atomic E-state index is 0.466. The number of nitrogens with two attached hydrogens (primary N) is 1. The van der Waals surface area contributed by atoms with Crippen molar-refractivity contribution in [1.29, 1.82) is 0 Å². The lowest BCUT2D eigenvalue weighted by Crippen LogP contribution is -2.33. The molecule has 17 heavy (non-hydrogen) atoms. The SMILES string of the molecule is C=C(C)CN=C(N)NCCc1ccc(C)nc1. The van der Waals surface area contributed by atoms with E-state index in [2.05, 4.69) is 27.9 Å². The molecule has 0 saturated carbocycles. The van der Waals surface area contributed by atoms with Crippen LogP contribution in [0.15, 0.2) is 35.5 Å². The summed E-state index contributed by atoms with van der Waals surface area (Å²) in [5.74, 6) is 0.466. The van der Waals surface area contributed by atoms with Crippen molar-refractivity contribution in [3.63, 3.8) is 0 Å². The van der Waals surface area contributed by atoms with Gasteiger partial charge in [-0.25, -0.2) is 4.99 Å². The van der Waals surface area contributed by atoms with Gasteiger partial charge in [-0.2, -0.15) is 0 Å². The van der Waals surface area contributed by atoms with Crippen LogP contribution < -0.4 is 11.1 Å². The van der Waals surface area contributed by atoms with Gasteiger partial charge in [0.05, 0.1) is 6.54 Å². The summed E-state index contributed by atoms with van der Waals surface area (Å²) in [6.07, 6.45) is 2.77. The van der Waals surface area contributed by atoms with Crippen LogP contribution in [0.2, 0.25) is 0 Å². The average molecular weight is 232 g/mol. The maximum absolute atomic E-state index is 5.69. The zero-order valence-corrected chi connectivity index (χ0v) is 10.5. The summed E-state index contributed by atoms with van der Waals surface area (Å²) in [5, 5.41) is 3.06. The van der Waals surface area contributed by atoms with Gasteiger partial charge in [-0.3, -0.25) is 4.98 Å². The fourth-order valence-corrected chi connectivity index (χ4v) is 1.26. The Morgan fingerprint density at radius 2 is 2.29 bits per heavy atom. The van der Waals surface area contributed by atoms with E-state index in [4.69, 9.17) is 5.73 Å². The molecule has 92 valence electrons. The Hall–Kier alpha value is -1.84. The minimum Gasteiger partial charge on any atom is -0.370 e. The van der Waals surface area contributed by atoms with E-state index in [-0.39, 0.29) is 0 Å². The van der Waals surface area contributed by atoms with Crippen LogP contribution >= 0.6 is 0 Å². The number of aromatic nitrogens is 1. The first kappa shape index (κ1) is 13.2. The summed E-state index contributed by atoms with van der Waals surface area (Å²) in [6, 6.07) is 4.08. The van der Waals surface area contributed by atoms with E-state index in [9.17, 15) is 0 Å². The number of hydrogen-bond donors (Lipinski definition) is 2. The van der Waals surface area contributed by atoms with Crippen LogP contribution in [-0.4, -0.2) is 24.0 Å². The Labute approximate surface area is 103 Å². The summed E-state index contributed by atoms with van der Waals surface area (Å²) < 4.78 is 0. The lowest BCUT2D eigenvalue weighted by atomic mass is 10.2. The van der Waals surface area contributed by atoms with Gasteiger partial charge in [0.25, 0.3) is 0 Å². The third kappa shape index (κ3) is 5.70. The van der Waals surface area contributed by atoms with Gasteiger partial charge in [-0.15, -0.1) is 0 Å². The quantitative estimate of drug-likeness (QED) is 0.458. The van der Waals surface area contributed by atoms with Crippen LogP contribution in [0.4, 0.5) is 0 Å². The molecule has 1 aromatic heterocycles. The molecule has 0 amide bonds. The van der Waals surface area contributed by atoms with Crippen molar-refractivity contribution in [2.75, 3.05) is 13.1 Å². The molecule has 0 fully saturated rings. The van der Waals surface area contributed by atoms with Gasteiger partial charge >= 0.3 is 0 Å². The lowest BCUT2D eigenvalue weighted by molar-refractivity contribution is 0.847. The Balaban J connectivity index is 2.30. The van der Waals surface area contributed by atoms with Crippen molar-refractivity contribution in [1.82, 2.24) is 10.3 Å². The van der Waals surface area contributed by atoms with Gasteiger partial charge in [0, 0.05) is 18.4 Å². The molecule has 1 rings (SSSR count). The predicted octanol–water partition coefficient (Wildman–Crippen LogP) is 1.41. The van der Waals surface area contributed by atoms with E-state index in [1.54, 1.807) is 0 Å². The molecule has 0 aliphatic heterocycles. The monoisotopic (exact) mass is 232 g/mol. The van der Waals surface area contributed by atoms with E-state index in [0.29, 0.717) is 12.5 Å². The van der Waals surface area contributed by atoms with Crippen molar-refractivity contribution in [2.24, 2.45) is 10.7 Å². The zero-order valence-electron chi connectivity index (χ0n) is 10.5. The topological polar surface area (TPSA) is 63.3 Å². The molecular formula is C13H20N4. The summed E-state index contributed by atoms with van der Waals surface area (Å²) >= 11 is 0. The van der Waals surface area contributed by atoms with Crippen LogP contribution in [0.1, 0.15) is 18.2 Å². The highest BCUT2D eigenvalue weighted by Gasteiger charge is 1.95. The Morgan fingerprint density at radius 3 is 2.88 bits per heavy atom. The second-order valence-electron chi connectivity index (χ2n) is 4.14. The molecule has 1 heterocycles. The second kappa shape index (κ2) is 6.68. The molecule has 0 aromatic carbocycles. The van der Waals surface area contributed by atoms with Crippen molar-refractivity contribution in [2.45, 2.75) is 20.3 Å². The molecule has 3 N–H and O–H groups in total. The van der Waals surface area contributed by atoms with E-state index in [1.165, 1.54) is 5.56 Å². The number of pyridine rings is 1. The minimum absolute atomic E-state index is 0.466. The molecule has 0 atom stereocenters. The van der Waals surface area contributed by atoms with E-state index < -0.39 is 0 Å². The Bertz CT molecular complexity index is 392. The number of aliphatic imine (C=N–C) groups is 1. The third-order valence-corrected chi connectivity index (χ3v) is 2.21. The van der Waals surface area contributed by atoms with Gasteiger partial charge in [0.1, 0.15) is 0 Å². The molecular weight excluding hydrogens is 212 g/mol. The molecule has 1 aromatic rings. The molecule has 4 heteroatoms. The first-order valence-electron chi connectivity index (χ1n) is 5.67. The maximum Gasteiger partial charge on any atom is 0.188 e. The Kier molecular flexibility index (Phi) is 5.20. The highest BCUT2D eigenvalue weighted by molar-refractivity contribution is 5.77. The average Bonchev–Trinajstić information content (AvgIpc) is 2.29. The summed E-state index contributed by atoms with van der Waals surface area (Å²) in [7, 11) is 0. The lowest BCUT2D eigenvalue weighted by Gasteiger charge is -2.05. The molecule has 0 bridgehead atoms. The van der Waals surface area contributed by atoms with Gasteiger partial charge in [-0.1, -0.05) is 18.2 Å². The third-order valence-electron chi connectivity index (χ3n) is 2.21. The van der Waals surface area contributed by atoms with E-state index in [0.717, 1.165) is 24.2 Å². The number of rotatable bonds is 5. The van der Waals surface area contributed by atoms with Crippen LogP contribution in [0.25, 0.3) is 0 Å². The molecule has 0 aliphatic carbocycles. The van der Waals surface area contributed by atoms with Gasteiger partial charge in [0.15, 0.2) is 5.96 Å². The number of guanidine groups is 1. The molecule has 4 nitrogen and oxygen atoms in total. The summed E-state index contributed by atoms with van der Waals surface area (Å²) in [4.78, 5) is 8.37. The van der Waals surface area contributed by atoms with Crippen LogP contribution in [-0.2, 0) is 6.42 Å². The van der Waals surface area contributed by atoms with E-state index >= 15 is 0 Å². The van der Waals surface area contributed by atoms with Crippen LogP contribution in [0.3, 0.4) is 0 Å². The number of hydrogen-bond acceptors (Lipinski definition) is 2. The van der Waals surface area contributed by atoms with Gasteiger partial charge < -0.3 is 11.1 Å². The van der Waals surface area contributed by atoms with Crippen LogP contribution in [0.5, 0.6) is 0 Å². The number of nitrogens with one attached hydrogen (secondary N) is 1. The van der Waals surface area contributed by atoms with Crippen molar-refractivity contribution in [3.8, 4) is 0 Å². The van der Waals surface area contributed by atoms with Crippen molar-refractivity contribution < 1.29 is 0 Å². The van der Waals surface area contributed by atoms with Gasteiger partial charge in [-0.05, 0) is 31.9 Å². The second-order valence-corrected chi connectivity index (χ2v) is 4.14. The van der Waals surface area contributed by atoms with Crippen molar-refractivity contribution >= 4 is 5.96 Å². The molecule has 0 spiro atoms. The first-order chi connectivity index (χ1) is 8.08. The molecule has 0 unspecified atom stereocenters.